The third-order valence-electron chi connectivity index (χ3n) is 3.40. The lowest BCUT2D eigenvalue weighted by Gasteiger charge is -2.14. The third-order valence-corrected chi connectivity index (χ3v) is 3.85. The Morgan fingerprint density at radius 3 is 2.54 bits per heavy atom. The maximum Gasteiger partial charge on any atom is 0.407 e. The monoisotopic (exact) mass is 393 g/mol. The number of hydrogen-bond donors (Lipinski definition) is 1. The van der Waals surface area contributed by atoms with Gasteiger partial charge < -0.3 is 19.5 Å². The number of rotatable bonds is 7. The van der Waals surface area contributed by atoms with Crippen LogP contribution in [0.2, 0.25) is 0 Å². The van der Waals surface area contributed by atoms with Gasteiger partial charge in [-0.2, -0.15) is 0 Å². The summed E-state index contributed by atoms with van der Waals surface area (Å²) < 4.78 is 16.8. The molecule has 0 aromatic heterocycles. The number of amides is 1. The standard InChI is InChI=1S/C18H20BrNO4/c1-22-16-11-15(19)10-14(17(16)23-2)8-9-20-18(21)24-12-13-6-4-3-5-7-13/h3-7,10-11H,8-9,12H2,1-2H3,(H,20,21). The Hall–Kier alpha value is -2.21. The van der Waals surface area contributed by atoms with Crippen molar-refractivity contribution in [1.82, 2.24) is 5.32 Å². The molecular formula is C18H20BrNO4. The van der Waals surface area contributed by atoms with E-state index < -0.39 is 6.09 Å². The maximum atomic E-state index is 11.8. The van der Waals surface area contributed by atoms with Crippen molar-refractivity contribution in [2.24, 2.45) is 0 Å². The zero-order valence-electron chi connectivity index (χ0n) is 13.7. The number of carbonyl (C=O) groups is 1. The lowest BCUT2D eigenvalue weighted by atomic mass is 10.1. The van der Waals surface area contributed by atoms with Crippen molar-refractivity contribution >= 4 is 22.0 Å². The quantitative estimate of drug-likeness (QED) is 0.773. The number of halogens is 1. The largest absolute Gasteiger partial charge is 0.493 e. The summed E-state index contributed by atoms with van der Waals surface area (Å²) in [5.74, 6) is 1.31. The molecule has 6 heteroatoms. The summed E-state index contributed by atoms with van der Waals surface area (Å²) in [6.45, 7) is 0.685. The molecule has 1 amide bonds. The zero-order chi connectivity index (χ0) is 17.4. The molecule has 2 aromatic carbocycles. The van der Waals surface area contributed by atoms with E-state index in [0.29, 0.717) is 24.5 Å². The lowest BCUT2D eigenvalue weighted by molar-refractivity contribution is 0.140. The van der Waals surface area contributed by atoms with Gasteiger partial charge in [-0.25, -0.2) is 4.79 Å². The number of benzene rings is 2. The molecule has 0 saturated carbocycles. The second-order valence-electron chi connectivity index (χ2n) is 5.04. The first-order valence-electron chi connectivity index (χ1n) is 7.49. The van der Waals surface area contributed by atoms with Gasteiger partial charge in [0.1, 0.15) is 6.61 Å². The maximum absolute atomic E-state index is 11.8. The van der Waals surface area contributed by atoms with E-state index in [1.54, 1.807) is 14.2 Å². The molecule has 2 rings (SSSR count). The van der Waals surface area contributed by atoms with E-state index in [-0.39, 0.29) is 6.61 Å². The minimum absolute atomic E-state index is 0.251. The number of methoxy groups -OCH3 is 2. The summed E-state index contributed by atoms with van der Waals surface area (Å²) in [7, 11) is 3.18. The molecule has 0 saturated heterocycles. The molecule has 0 unspecified atom stereocenters. The van der Waals surface area contributed by atoms with Crippen molar-refractivity contribution in [2.45, 2.75) is 13.0 Å². The van der Waals surface area contributed by atoms with E-state index in [2.05, 4.69) is 21.2 Å². The first-order chi connectivity index (χ1) is 11.6. The molecule has 0 radical (unpaired) electrons. The van der Waals surface area contributed by atoms with Crippen LogP contribution in [-0.2, 0) is 17.8 Å². The third kappa shape index (κ3) is 5.16. The van der Waals surface area contributed by atoms with E-state index in [0.717, 1.165) is 15.6 Å². The van der Waals surface area contributed by atoms with Crippen molar-refractivity contribution in [3.8, 4) is 11.5 Å². The predicted octanol–water partition coefficient (Wildman–Crippen LogP) is 3.94. The van der Waals surface area contributed by atoms with Crippen LogP contribution in [0.25, 0.3) is 0 Å². The minimum Gasteiger partial charge on any atom is -0.493 e. The zero-order valence-corrected chi connectivity index (χ0v) is 15.3. The molecule has 128 valence electrons. The molecule has 0 aliphatic rings. The summed E-state index contributed by atoms with van der Waals surface area (Å²) in [6.07, 6.45) is 0.152. The highest BCUT2D eigenvalue weighted by Crippen LogP contribution is 2.34. The van der Waals surface area contributed by atoms with Gasteiger partial charge in [-0.1, -0.05) is 46.3 Å². The fraction of sp³-hybridized carbons (Fsp3) is 0.278. The van der Waals surface area contributed by atoms with Crippen LogP contribution in [0, 0.1) is 0 Å². The molecule has 0 fully saturated rings. The van der Waals surface area contributed by atoms with Crippen LogP contribution >= 0.6 is 15.9 Å². The first-order valence-corrected chi connectivity index (χ1v) is 8.28. The van der Waals surface area contributed by atoms with Gasteiger partial charge in [-0.05, 0) is 24.1 Å². The highest BCUT2D eigenvalue weighted by molar-refractivity contribution is 9.10. The summed E-state index contributed by atoms with van der Waals surface area (Å²) in [5, 5.41) is 2.74. The molecule has 2 aromatic rings. The highest BCUT2D eigenvalue weighted by atomic mass is 79.9. The van der Waals surface area contributed by atoms with Crippen LogP contribution < -0.4 is 14.8 Å². The summed E-state index contributed by atoms with van der Waals surface area (Å²) in [6, 6.07) is 13.3. The fourth-order valence-electron chi connectivity index (χ4n) is 2.27. The van der Waals surface area contributed by atoms with Gasteiger partial charge in [-0.15, -0.1) is 0 Å². The topological polar surface area (TPSA) is 56.8 Å². The second kappa shape index (κ2) is 9.17. The number of ether oxygens (including phenoxy) is 3. The van der Waals surface area contributed by atoms with Crippen molar-refractivity contribution in [2.75, 3.05) is 20.8 Å². The Kier molecular flexibility index (Phi) is 6.93. The van der Waals surface area contributed by atoms with Crippen LogP contribution in [-0.4, -0.2) is 26.9 Å². The molecule has 0 spiro atoms. The summed E-state index contributed by atoms with van der Waals surface area (Å²) in [5.41, 5.74) is 1.89. The van der Waals surface area contributed by atoms with Gasteiger partial charge >= 0.3 is 6.09 Å². The van der Waals surface area contributed by atoms with Crippen molar-refractivity contribution in [3.63, 3.8) is 0 Å². The number of alkyl carbamates (subject to hydrolysis) is 1. The van der Waals surface area contributed by atoms with E-state index in [4.69, 9.17) is 14.2 Å². The summed E-state index contributed by atoms with van der Waals surface area (Å²) >= 11 is 3.44. The van der Waals surface area contributed by atoms with E-state index in [9.17, 15) is 4.79 Å². The molecule has 0 heterocycles. The Morgan fingerprint density at radius 1 is 1.12 bits per heavy atom. The SMILES string of the molecule is COc1cc(Br)cc(CCNC(=O)OCc2ccccc2)c1OC. The Bertz CT molecular complexity index is 676. The van der Waals surface area contributed by atoms with Crippen LogP contribution in [0.15, 0.2) is 46.9 Å². The van der Waals surface area contributed by atoms with E-state index in [1.165, 1.54) is 0 Å². The van der Waals surface area contributed by atoms with Gasteiger partial charge in [0, 0.05) is 16.6 Å². The van der Waals surface area contributed by atoms with Gasteiger partial charge in [-0.3, -0.25) is 0 Å². The van der Waals surface area contributed by atoms with Gasteiger partial charge in [0.25, 0.3) is 0 Å². The smallest absolute Gasteiger partial charge is 0.407 e. The molecule has 1 N–H and O–H groups in total. The van der Waals surface area contributed by atoms with Gasteiger partial charge in [0.05, 0.1) is 14.2 Å². The highest BCUT2D eigenvalue weighted by Gasteiger charge is 2.12. The van der Waals surface area contributed by atoms with Crippen molar-refractivity contribution in [1.29, 1.82) is 0 Å². The first kappa shape index (κ1) is 18.1. The molecular weight excluding hydrogens is 374 g/mol. The fourth-order valence-corrected chi connectivity index (χ4v) is 2.75. The average molecular weight is 394 g/mol. The van der Waals surface area contributed by atoms with Crippen LogP contribution in [0.5, 0.6) is 11.5 Å². The molecule has 0 atom stereocenters. The number of carbonyl (C=O) groups excluding carboxylic acids is 1. The van der Waals surface area contributed by atoms with Crippen LogP contribution in [0.4, 0.5) is 4.79 Å². The predicted molar refractivity (Wildman–Crippen MR) is 95.6 cm³/mol. The molecule has 24 heavy (non-hydrogen) atoms. The number of nitrogens with one attached hydrogen (secondary N) is 1. The van der Waals surface area contributed by atoms with Crippen LogP contribution in [0.1, 0.15) is 11.1 Å². The Morgan fingerprint density at radius 2 is 1.88 bits per heavy atom. The molecule has 0 bridgehead atoms. The van der Waals surface area contributed by atoms with E-state index in [1.807, 2.05) is 42.5 Å². The lowest BCUT2D eigenvalue weighted by Crippen LogP contribution is -2.26. The van der Waals surface area contributed by atoms with Crippen molar-refractivity contribution < 1.29 is 19.0 Å². The van der Waals surface area contributed by atoms with Gasteiger partial charge in [0.2, 0.25) is 0 Å². The van der Waals surface area contributed by atoms with Crippen molar-refractivity contribution in [3.05, 3.63) is 58.1 Å². The molecule has 5 nitrogen and oxygen atoms in total. The van der Waals surface area contributed by atoms with Gasteiger partial charge in [0.15, 0.2) is 11.5 Å². The average Bonchev–Trinajstić information content (AvgIpc) is 2.60. The summed E-state index contributed by atoms with van der Waals surface area (Å²) in [4.78, 5) is 11.8. The Balaban J connectivity index is 1.85. The minimum atomic E-state index is -0.445. The van der Waals surface area contributed by atoms with E-state index >= 15 is 0 Å². The normalized spacial score (nSPS) is 10.1. The van der Waals surface area contributed by atoms with Crippen LogP contribution in [0.3, 0.4) is 0 Å². The molecule has 0 aliphatic carbocycles. The Labute approximate surface area is 150 Å². The second-order valence-corrected chi connectivity index (χ2v) is 5.95. The number of hydrogen-bond acceptors (Lipinski definition) is 4. The molecule has 0 aliphatic heterocycles.